The molecule has 1 heterocycles. The van der Waals surface area contributed by atoms with E-state index < -0.39 is 0 Å². The van der Waals surface area contributed by atoms with E-state index in [9.17, 15) is 9.90 Å². The van der Waals surface area contributed by atoms with Crippen molar-refractivity contribution in [3.05, 3.63) is 40.7 Å². The first kappa shape index (κ1) is 10.7. The molecular weight excluding hydrogens is 202 g/mol. The van der Waals surface area contributed by atoms with Crippen LogP contribution in [0.5, 0.6) is 5.88 Å². The zero-order valence-electron chi connectivity index (χ0n) is 9.47. The highest BCUT2D eigenvalue weighted by molar-refractivity contribution is 5.86. The van der Waals surface area contributed by atoms with Crippen LogP contribution in [0, 0.1) is 5.92 Å². The van der Waals surface area contributed by atoms with E-state index >= 15 is 0 Å². The Balaban J connectivity index is 2.71. The quantitative estimate of drug-likeness (QED) is 0.839. The van der Waals surface area contributed by atoms with Gasteiger partial charge in [0.05, 0.1) is 0 Å². The van der Waals surface area contributed by atoms with Crippen LogP contribution in [0.3, 0.4) is 0 Å². The Hall–Kier alpha value is -1.77. The second kappa shape index (κ2) is 4.00. The topological polar surface area (TPSA) is 42.2 Å². The first-order valence-corrected chi connectivity index (χ1v) is 5.41. The molecule has 1 aromatic carbocycles. The molecule has 2 aromatic rings. The van der Waals surface area contributed by atoms with Gasteiger partial charge < -0.3 is 5.11 Å². The number of aromatic nitrogens is 1. The average molecular weight is 217 g/mol. The summed E-state index contributed by atoms with van der Waals surface area (Å²) in [5.74, 6) is 0.390. The molecule has 0 fully saturated rings. The molecule has 0 saturated heterocycles. The predicted molar refractivity (Wildman–Crippen MR) is 64.7 cm³/mol. The lowest BCUT2D eigenvalue weighted by molar-refractivity contribution is 0.389. The molecule has 84 valence electrons. The zero-order chi connectivity index (χ0) is 11.7. The Kier molecular flexibility index (Phi) is 2.69. The molecule has 3 heteroatoms. The van der Waals surface area contributed by atoms with Gasteiger partial charge in [0.25, 0.3) is 5.56 Å². The molecule has 0 aliphatic rings. The van der Waals surface area contributed by atoms with Gasteiger partial charge in [-0.1, -0.05) is 32.0 Å². The van der Waals surface area contributed by atoms with Crippen LogP contribution in [-0.4, -0.2) is 9.67 Å². The van der Waals surface area contributed by atoms with E-state index in [1.165, 1.54) is 4.57 Å². The van der Waals surface area contributed by atoms with Crippen LogP contribution in [0.4, 0.5) is 0 Å². The third-order valence-corrected chi connectivity index (χ3v) is 2.55. The molecular formula is C13H15NO2. The molecule has 16 heavy (non-hydrogen) atoms. The maximum Gasteiger partial charge on any atom is 0.253 e. The van der Waals surface area contributed by atoms with Crippen molar-refractivity contribution in [1.82, 2.24) is 4.57 Å². The van der Waals surface area contributed by atoms with Gasteiger partial charge >= 0.3 is 0 Å². The van der Waals surface area contributed by atoms with Gasteiger partial charge in [-0.2, -0.15) is 0 Å². The van der Waals surface area contributed by atoms with E-state index in [0.717, 1.165) is 10.8 Å². The Morgan fingerprint density at radius 3 is 2.69 bits per heavy atom. The summed E-state index contributed by atoms with van der Waals surface area (Å²) in [6.07, 6.45) is 0. The zero-order valence-corrected chi connectivity index (χ0v) is 9.47. The van der Waals surface area contributed by atoms with Crippen molar-refractivity contribution in [2.75, 3.05) is 0 Å². The highest BCUT2D eigenvalue weighted by atomic mass is 16.3. The number of hydrogen-bond acceptors (Lipinski definition) is 2. The lowest BCUT2D eigenvalue weighted by atomic mass is 10.1. The average Bonchev–Trinajstić information content (AvgIpc) is 2.24. The summed E-state index contributed by atoms with van der Waals surface area (Å²) < 4.78 is 1.42. The van der Waals surface area contributed by atoms with Crippen LogP contribution in [0.25, 0.3) is 10.8 Å². The highest BCUT2D eigenvalue weighted by Gasteiger charge is 2.09. The molecule has 0 aliphatic carbocycles. The fourth-order valence-corrected chi connectivity index (χ4v) is 1.83. The van der Waals surface area contributed by atoms with Gasteiger partial charge in [0.1, 0.15) is 0 Å². The van der Waals surface area contributed by atoms with E-state index in [2.05, 4.69) is 0 Å². The molecule has 2 rings (SSSR count). The maximum atomic E-state index is 11.8. The summed E-state index contributed by atoms with van der Waals surface area (Å²) in [6, 6.07) is 8.93. The van der Waals surface area contributed by atoms with Crippen LogP contribution in [0.2, 0.25) is 0 Å². The van der Waals surface area contributed by atoms with E-state index in [1.807, 2.05) is 38.1 Å². The van der Waals surface area contributed by atoms with Gasteiger partial charge in [-0.05, 0) is 17.4 Å². The van der Waals surface area contributed by atoms with Crippen molar-refractivity contribution in [1.29, 1.82) is 0 Å². The molecule has 3 nitrogen and oxygen atoms in total. The molecule has 0 amide bonds. The fraction of sp³-hybridized carbons (Fsp3) is 0.308. The third kappa shape index (κ3) is 1.81. The van der Waals surface area contributed by atoms with E-state index in [0.29, 0.717) is 12.5 Å². The largest absolute Gasteiger partial charge is 0.494 e. The first-order chi connectivity index (χ1) is 7.59. The highest BCUT2D eigenvalue weighted by Crippen LogP contribution is 2.22. The molecule has 0 radical (unpaired) electrons. The second-order valence-corrected chi connectivity index (χ2v) is 4.40. The van der Waals surface area contributed by atoms with Crippen molar-refractivity contribution >= 4 is 10.8 Å². The van der Waals surface area contributed by atoms with Crippen LogP contribution < -0.4 is 5.56 Å². The molecule has 0 saturated carbocycles. The van der Waals surface area contributed by atoms with Gasteiger partial charge in [-0.25, -0.2) is 0 Å². The monoisotopic (exact) mass is 217 g/mol. The number of pyridine rings is 1. The first-order valence-electron chi connectivity index (χ1n) is 5.41. The number of aromatic hydroxyl groups is 1. The summed E-state index contributed by atoms with van der Waals surface area (Å²) in [5.41, 5.74) is -0.148. The summed E-state index contributed by atoms with van der Waals surface area (Å²) in [4.78, 5) is 11.8. The fourth-order valence-electron chi connectivity index (χ4n) is 1.83. The number of hydrogen-bond donors (Lipinski definition) is 1. The van der Waals surface area contributed by atoms with Gasteiger partial charge in [0, 0.05) is 18.0 Å². The van der Waals surface area contributed by atoms with Crippen molar-refractivity contribution in [3.63, 3.8) is 0 Å². The number of benzene rings is 1. The molecule has 0 atom stereocenters. The van der Waals surface area contributed by atoms with Crippen LogP contribution in [0.15, 0.2) is 35.1 Å². The third-order valence-electron chi connectivity index (χ3n) is 2.55. The SMILES string of the molecule is CC(C)Cn1c(O)c2ccccc2cc1=O. The molecule has 1 aromatic heterocycles. The van der Waals surface area contributed by atoms with Gasteiger partial charge in [0.15, 0.2) is 0 Å². The summed E-state index contributed by atoms with van der Waals surface area (Å²) in [7, 11) is 0. The Bertz CT molecular complexity index is 570. The van der Waals surface area contributed by atoms with Gasteiger partial charge in [0.2, 0.25) is 5.88 Å². The molecule has 0 aliphatic heterocycles. The number of rotatable bonds is 2. The number of fused-ring (bicyclic) bond motifs is 1. The summed E-state index contributed by atoms with van der Waals surface area (Å²) in [5, 5.41) is 11.5. The smallest absolute Gasteiger partial charge is 0.253 e. The second-order valence-electron chi connectivity index (χ2n) is 4.40. The predicted octanol–water partition coefficient (Wildman–Crippen LogP) is 2.36. The van der Waals surface area contributed by atoms with Crippen molar-refractivity contribution in [3.8, 4) is 5.88 Å². The van der Waals surface area contributed by atoms with Crippen molar-refractivity contribution < 1.29 is 5.11 Å². The van der Waals surface area contributed by atoms with Gasteiger partial charge in [-0.15, -0.1) is 0 Å². The standard InChI is InChI=1S/C13H15NO2/c1-9(2)8-14-12(15)7-10-5-3-4-6-11(10)13(14)16/h3-7,9,16H,8H2,1-2H3. The van der Waals surface area contributed by atoms with Crippen molar-refractivity contribution in [2.45, 2.75) is 20.4 Å². The maximum absolute atomic E-state index is 11.8. The Labute approximate surface area is 94.0 Å². The molecule has 0 unspecified atom stereocenters. The van der Waals surface area contributed by atoms with E-state index in [1.54, 1.807) is 6.07 Å². The molecule has 0 spiro atoms. The number of nitrogens with zero attached hydrogens (tertiary/aromatic N) is 1. The Morgan fingerprint density at radius 1 is 1.31 bits per heavy atom. The molecule has 1 N–H and O–H groups in total. The minimum Gasteiger partial charge on any atom is -0.494 e. The minimum atomic E-state index is -0.148. The Morgan fingerprint density at radius 2 is 2.00 bits per heavy atom. The van der Waals surface area contributed by atoms with Gasteiger partial charge in [-0.3, -0.25) is 9.36 Å². The summed E-state index contributed by atoms with van der Waals surface area (Å²) >= 11 is 0. The van der Waals surface area contributed by atoms with Crippen LogP contribution in [-0.2, 0) is 6.54 Å². The lowest BCUT2D eigenvalue weighted by Crippen LogP contribution is -2.21. The van der Waals surface area contributed by atoms with E-state index in [4.69, 9.17) is 0 Å². The lowest BCUT2D eigenvalue weighted by Gasteiger charge is -2.12. The van der Waals surface area contributed by atoms with Crippen LogP contribution >= 0.6 is 0 Å². The van der Waals surface area contributed by atoms with Crippen LogP contribution in [0.1, 0.15) is 13.8 Å². The normalized spacial score (nSPS) is 11.2. The molecule has 0 bridgehead atoms. The van der Waals surface area contributed by atoms with E-state index in [-0.39, 0.29) is 11.4 Å². The summed E-state index contributed by atoms with van der Waals surface area (Å²) in [6.45, 7) is 4.57. The minimum absolute atomic E-state index is 0.0665. The van der Waals surface area contributed by atoms with Crippen molar-refractivity contribution in [2.24, 2.45) is 5.92 Å².